The summed E-state index contributed by atoms with van der Waals surface area (Å²) in [6.07, 6.45) is 0. The van der Waals surface area contributed by atoms with E-state index in [1.165, 1.54) is 12.1 Å². The fourth-order valence-electron chi connectivity index (χ4n) is 1.28. The maximum Gasteiger partial charge on any atom is 0.335 e. The second-order valence-electron chi connectivity index (χ2n) is 3.26. The lowest BCUT2D eigenvalue weighted by Gasteiger charge is -2.09. The van der Waals surface area contributed by atoms with Gasteiger partial charge in [-0.15, -0.1) is 0 Å². The molecular weight excluding hydrogens is 194 g/mol. The van der Waals surface area contributed by atoms with E-state index in [0.717, 1.165) is 5.56 Å². The van der Waals surface area contributed by atoms with Crippen molar-refractivity contribution in [2.75, 3.05) is 7.05 Å². The number of benzene rings is 1. The molecule has 1 aromatic carbocycles. The molecule has 0 aliphatic carbocycles. The van der Waals surface area contributed by atoms with Crippen molar-refractivity contribution in [3.8, 4) is 0 Å². The van der Waals surface area contributed by atoms with Crippen molar-refractivity contribution >= 4 is 11.9 Å². The number of rotatable bonds is 3. The van der Waals surface area contributed by atoms with E-state index in [1.54, 1.807) is 26.1 Å². The van der Waals surface area contributed by atoms with Crippen molar-refractivity contribution in [2.45, 2.75) is 12.8 Å². The second-order valence-corrected chi connectivity index (χ2v) is 3.26. The van der Waals surface area contributed by atoms with Crippen LogP contribution in [0.4, 0.5) is 0 Å². The molecule has 0 aliphatic rings. The third-order valence-corrected chi connectivity index (χ3v) is 2.30. The van der Waals surface area contributed by atoms with Gasteiger partial charge in [-0.2, -0.15) is 0 Å². The number of amides is 1. The Morgan fingerprint density at radius 3 is 2.20 bits per heavy atom. The molecule has 0 radical (unpaired) electrons. The minimum atomic E-state index is -0.964. The molecule has 0 saturated carbocycles. The Kier molecular flexibility index (Phi) is 3.44. The van der Waals surface area contributed by atoms with Crippen molar-refractivity contribution in [1.82, 2.24) is 5.32 Å². The molecule has 1 rings (SSSR count). The van der Waals surface area contributed by atoms with Crippen LogP contribution in [0.2, 0.25) is 0 Å². The molecule has 0 fully saturated rings. The number of carboxylic acids is 1. The summed E-state index contributed by atoms with van der Waals surface area (Å²) in [6.45, 7) is 1.77. The van der Waals surface area contributed by atoms with E-state index in [-0.39, 0.29) is 17.4 Å². The van der Waals surface area contributed by atoms with Crippen LogP contribution in [-0.4, -0.2) is 24.0 Å². The summed E-state index contributed by atoms with van der Waals surface area (Å²) in [5.41, 5.74) is 1.03. The predicted molar refractivity (Wildman–Crippen MR) is 55.9 cm³/mol. The molecule has 0 heterocycles. The van der Waals surface area contributed by atoms with E-state index >= 15 is 0 Å². The number of hydrogen-bond donors (Lipinski definition) is 2. The lowest BCUT2D eigenvalue weighted by molar-refractivity contribution is -0.121. The lowest BCUT2D eigenvalue weighted by atomic mass is 9.99. The first-order valence-corrected chi connectivity index (χ1v) is 4.61. The predicted octanol–water partition coefficient (Wildman–Crippen LogP) is 1.23. The van der Waals surface area contributed by atoms with Gasteiger partial charge in [-0.1, -0.05) is 12.1 Å². The van der Waals surface area contributed by atoms with Crippen LogP contribution < -0.4 is 5.32 Å². The number of aromatic carboxylic acids is 1. The highest BCUT2D eigenvalue weighted by atomic mass is 16.4. The van der Waals surface area contributed by atoms with Crippen LogP contribution in [0.15, 0.2) is 24.3 Å². The van der Waals surface area contributed by atoms with E-state index < -0.39 is 5.97 Å². The first-order valence-electron chi connectivity index (χ1n) is 4.61. The third kappa shape index (κ3) is 2.56. The molecular formula is C11H13NO3. The average Bonchev–Trinajstić information content (AvgIpc) is 2.27. The van der Waals surface area contributed by atoms with Crippen LogP contribution in [-0.2, 0) is 4.79 Å². The van der Waals surface area contributed by atoms with Gasteiger partial charge in [-0.25, -0.2) is 4.79 Å². The molecule has 0 saturated heterocycles. The van der Waals surface area contributed by atoms with Crippen molar-refractivity contribution < 1.29 is 14.7 Å². The summed E-state index contributed by atoms with van der Waals surface area (Å²) in [5, 5.41) is 11.2. The van der Waals surface area contributed by atoms with E-state index in [2.05, 4.69) is 5.32 Å². The van der Waals surface area contributed by atoms with E-state index in [0.29, 0.717) is 0 Å². The largest absolute Gasteiger partial charge is 0.478 e. The Labute approximate surface area is 87.9 Å². The van der Waals surface area contributed by atoms with Crippen LogP contribution in [0, 0.1) is 0 Å². The van der Waals surface area contributed by atoms with Crippen molar-refractivity contribution in [3.05, 3.63) is 35.4 Å². The van der Waals surface area contributed by atoms with Gasteiger partial charge in [-0.05, 0) is 24.6 Å². The molecule has 0 spiro atoms. The number of nitrogens with one attached hydrogen (secondary N) is 1. The summed E-state index contributed by atoms with van der Waals surface area (Å²) in [5.74, 6) is -1.31. The fraction of sp³-hybridized carbons (Fsp3) is 0.273. The van der Waals surface area contributed by atoms with Gasteiger partial charge in [0.25, 0.3) is 0 Å². The maximum absolute atomic E-state index is 11.3. The van der Waals surface area contributed by atoms with Gasteiger partial charge in [0, 0.05) is 7.05 Å². The number of carboxylic acid groups (broad SMARTS) is 1. The van der Waals surface area contributed by atoms with Gasteiger partial charge in [0.15, 0.2) is 0 Å². The topological polar surface area (TPSA) is 66.4 Å². The minimum absolute atomic E-state index is 0.0851. The number of carbonyl (C=O) groups is 2. The average molecular weight is 207 g/mol. The SMILES string of the molecule is CNC(=O)C(C)c1ccc(C(=O)O)cc1. The summed E-state index contributed by atoms with van der Waals surface area (Å²) < 4.78 is 0. The van der Waals surface area contributed by atoms with Gasteiger partial charge < -0.3 is 10.4 Å². The molecule has 0 aliphatic heterocycles. The normalized spacial score (nSPS) is 11.9. The zero-order valence-electron chi connectivity index (χ0n) is 8.65. The summed E-state index contributed by atoms with van der Waals surface area (Å²) in [6, 6.07) is 6.31. The molecule has 1 unspecified atom stereocenters. The van der Waals surface area contributed by atoms with Gasteiger partial charge in [0.2, 0.25) is 5.91 Å². The molecule has 80 valence electrons. The van der Waals surface area contributed by atoms with Gasteiger partial charge in [0.05, 0.1) is 11.5 Å². The molecule has 4 nitrogen and oxygen atoms in total. The van der Waals surface area contributed by atoms with Gasteiger partial charge in [0.1, 0.15) is 0 Å². The van der Waals surface area contributed by atoms with Gasteiger partial charge in [-0.3, -0.25) is 4.79 Å². The zero-order valence-corrected chi connectivity index (χ0v) is 8.65. The highest BCUT2D eigenvalue weighted by molar-refractivity contribution is 5.88. The lowest BCUT2D eigenvalue weighted by Crippen LogP contribution is -2.23. The Hall–Kier alpha value is -1.84. The number of hydrogen-bond acceptors (Lipinski definition) is 2. The third-order valence-electron chi connectivity index (χ3n) is 2.30. The number of likely N-dealkylation sites (N-methyl/N-ethyl adjacent to an activating group) is 1. The molecule has 1 atom stereocenters. The van der Waals surface area contributed by atoms with Crippen molar-refractivity contribution in [3.63, 3.8) is 0 Å². The minimum Gasteiger partial charge on any atom is -0.478 e. The maximum atomic E-state index is 11.3. The highest BCUT2D eigenvalue weighted by Crippen LogP contribution is 2.15. The molecule has 1 aromatic rings. The Morgan fingerprint density at radius 1 is 1.27 bits per heavy atom. The first kappa shape index (κ1) is 11.2. The summed E-state index contributed by atoms with van der Waals surface area (Å²) >= 11 is 0. The molecule has 0 bridgehead atoms. The first-order chi connectivity index (χ1) is 7.06. The van der Waals surface area contributed by atoms with Crippen molar-refractivity contribution in [1.29, 1.82) is 0 Å². The monoisotopic (exact) mass is 207 g/mol. The number of carbonyl (C=O) groups excluding carboxylic acids is 1. The standard InChI is InChI=1S/C11H13NO3/c1-7(10(13)12-2)8-3-5-9(6-4-8)11(14)15/h3-7H,1-2H3,(H,12,13)(H,14,15). The van der Waals surface area contributed by atoms with E-state index in [9.17, 15) is 9.59 Å². The van der Waals surface area contributed by atoms with Crippen LogP contribution in [0.3, 0.4) is 0 Å². The van der Waals surface area contributed by atoms with Crippen LogP contribution in [0.1, 0.15) is 28.8 Å². The fourth-order valence-corrected chi connectivity index (χ4v) is 1.28. The van der Waals surface area contributed by atoms with Crippen LogP contribution in [0.5, 0.6) is 0 Å². The van der Waals surface area contributed by atoms with Crippen LogP contribution in [0.25, 0.3) is 0 Å². The molecule has 0 aromatic heterocycles. The smallest absolute Gasteiger partial charge is 0.335 e. The Bertz CT molecular complexity index is 370. The van der Waals surface area contributed by atoms with E-state index in [1.807, 2.05) is 0 Å². The van der Waals surface area contributed by atoms with Crippen LogP contribution >= 0.6 is 0 Å². The zero-order chi connectivity index (χ0) is 11.4. The second kappa shape index (κ2) is 4.59. The Morgan fingerprint density at radius 2 is 1.80 bits per heavy atom. The van der Waals surface area contributed by atoms with E-state index in [4.69, 9.17) is 5.11 Å². The Balaban J connectivity index is 2.89. The molecule has 1 amide bonds. The molecule has 2 N–H and O–H groups in total. The van der Waals surface area contributed by atoms with Gasteiger partial charge >= 0.3 is 5.97 Å². The quantitative estimate of drug-likeness (QED) is 0.783. The summed E-state index contributed by atoms with van der Waals surface area (Å²) in [4.78, 5) is 21.9. The molecule has 15 heavy (non-hydrogen) atoms. The van der Waals surface area contributed by atoms with Crippen molar-refractivity contribution in [2.24, 2.45) is 0 Å². The molecule has 4 heteroatoms. The highest BCUT2D eigenvalue weighted by Gasteiger charge is 2.13. The summed E-state index contributed by atoms with van der Waals surface area (Å²) in [7, 11) is 1.57.